The summed E-state index contributed by atoms with van der Waals surface area (Å²) in [6, 6.07) is 3.33. The summed E-state index contributed by atoms with van der Waals surface area (Å²) in [5, 5.41) is 9.00. The molecule has 21 heavy (non-hydrogen) atoms. The van der Waals surface area contributed by atoms with Crippen LogP contribution in [0.5, 0.6) is 0 Å². The molecule has 0 radical (unpaired) electrons. The van der Waals surface area contributed by atoms with E-state index in [-0.39, 0.29) is 31.2 Å². The molecular weight excluding hydrogens is 311 g/mol. The maximum absolute atomic E-state index is 12.5. The summed E-state index contributed by atoms with van der Waals surface area (Å²) in [5.41, 5.74) is -0.906. The molecule has 1 aliphatic rings. The van der Waals surface area contributed by atoms with Gasteiger partial charge in [0.1, 0.15) is 0 Å². The third-order valence-corrected chi connectivity index (χ3v) is 5.00. The molecule has 0 bridgehead atoms. The molecule has 1 aliphatic heterocycles. The van der Waals surface area contributed by atoms with Crippen molar-refractivity contribution in [2.45, 2.75) is 17.2 Å². The average Bonchev–Trinajstić information content (AvgIpc) is 2.46. The zero-order valence-electron chi connectivity index (χ0n) is 10.9. The summed E-state index contributed by atoms with van der Waals surface area (Å²) in [5.74, 6) is 0. The fourth-order valence-corrected chi connectivity index (χ4v) is 3.44. The highest BCUT2D eigenvalue weighted by atomic mass is 32.2. The molecule has 9 heteroatoms. The molecule has 1 aromatic carbocycles. The summed E-state index contributed by atoms with van der Waals surface area (Å²) < 4.78 is 68.3. The number of aliphatic hydroxyl groups is 1. The minimum absolute atomic E-state index is 0.0279. The van der Waals surface area contributed by atoms with Gasteiger partial charge in [0.2, 0.25) is 10.0 Å². The van der Waals surface area contributed by atoms with Gasteiger partial charge in [-0.3, -0.25) is 0 Å². The minimum atomic E-state index is -4.51. The van der Waals surface area contributed by atoms with Crippen LogP contribution in [0.15, 0.2) is 29.2 Å². The molecule has 1 N–H and O–H groups in total. The zero-order valence-corrected chi connectivity index (χ0v) is 11.7. The van der Waals surface area contributed by atoms with Gasteiger partial charge in [0.25, 0.3) is 0 Å². The second kappa shape index (κ2) is 5.91. The quantitative estimate of drug-likeness (QED) is 0.903. The first kappa shape index (κ1) is 16.2. The van der Waals surface area contributed by atoms with Gasteiger partial charge in [-0.2, -0.15) is 17.5 Å². The van der Waals surface area contributed by atoms with E-state index in [0.29, 0.717) is 0 Å². The van der Waals surface area contributed by atoms with Crippen LogP contribution in [0.2, 0.25) is 0 Å². The molecular formula is C12H14F3NO4S. The first-order chi connectivity index (χ1) is 9.75. The smallest absolute Gasteiger partial charge is 0.394 e. The van der Waals surface area contributed by atoms with Gasteiger partial charge in [-0.1, -0.05) is 0 Å². The van der Waals surface area contributed by atoms with Crippen LogP contribution in [0.1, 0.15) is 5.56 Å². The number of nitrogens with zero attached hydrogens (tertiary/aromatic N) is 1. The van der Waals surface area contributed by atoms with Crippen LogP contribution in [0.25, 0.3) is 0 Å². The molecule has 0 saturated carbocycles. The molecule has 1 heterocycles. The van der Waals surface area contributed by atoms with Gasteiger partial charge in [0.15, 0.2) is 0 Å². The lowest BCUT2D eigenvalue weighted by Gasteiger charge is -2.31. The van der Waals surface area contributed by atoms with Gasteiger partial charge >= 0.3 is 6.18 Å². The molecule has 1 fully saturated rings. The number of aliphatic hydroxyl groups excluding tert-OH is 1. The molecule has 2 rings (SSSR count). The lowest BCUT2D eigenvalue weighted by Crippen LogP contribution is -2.46. The SMILES string of the molecule is O=S(=O)(c1ccc(C(F)(F)F)cc1)N1CCOC(CO)C1. The van der Waals surface area contributed by atoms with Crippen LogP contribution >= 0.6 is 0 Å². The molecule has 0 spiro atoms. The summed E-state index contributed by atoms with van der Waals surface area (Å²) in [7, 11) is -3.89. The molecule has 1 atom stereocenters. The Bertz CT molecular complexity index is 586. The van der Waals surface area contributed by atoms with Crippen LogP contribution in [0.4, 0.5) is 13.2 Å². The van der Waals surface area contributed by atoms with Crippen molar-refractivity contribution in [1.82, 2.24) is 4.31 Å². The largest absolute Gasteiger partial charge is 0.416 e. The number of morpholine rings is 1. The van der Waals surface area contributed by atoms with Gasteiger partial charge in [0.05, 0.1) is 29.8 Å². The summed E-state index contributed by atoms with van der Waals surface area (Å²) in [6.07, 6.45) is -5.13. The number of benzene rings is 1. The van der Waals surface area contributed by atoms with Gasteiger partial charge in [0, 0.05) is 13.1 Å². The van der Waals surface area contributed by atoms with Crippen molar-refractivity contribution < 1.29 is 31.4 Å². The van der Waals surface area contributed by atoms with E-state index in [1.807, 2.05) is 0 Å². The first-order valence-corrected chi connectivity index (χ1v) is 7.59. The molecule has 0 aromatic heterocycles. The Morgan fingerprint density at radius 3 is 2.43 bits per heavy atom. The summed E-state index contributed by atoms with van der Waals surface area (Å²) in [4.78, 5) is -0.214. The Morgan fingerprint density at radius 1 is 1.29 bits per heavy atom. The number of rotatable bonds is 3. The van der Waals surface area contributed by atoms with Gasteiger partial charge in [-0.25, -0.2) is 8.42 Å². The number of sulfonamides is 1. The third-order valence-electron chi connectivity index (χ3n) is 3.12. The third kappa shape index (κ3) is 3.54. The van der Waals surface area contributed by atoms with Crippen molar-refractivity contribution in [2.75, 3.05) is 26.3 Å². The second-order valence-corrected chi connectivity index (χ2v) is 6.50. The second-order valence-electron chi connectivity index (χ2n) is 4.56. The van der Waals surface area contributed by atoms with Crippen LogP contribution in [0, 0.1) is 0 Å². The lowest BCUT2D eigenvalue weighted by molar-refractivity contribution is -0.137. The van der Waals surface area contributed by atoms with Crippen LogP contribution in [-0.2, 0) is 20.9 Å². The van der Waals surface area contributed by atoms with Gasteiger partial charge in [-0.15, -0.1) is 0 Å². The monoisotopic (exact) mass is 325 g/mol. The molecule has 0 aliphatic carbocycles. The van der Waals surface area contributed by atoms with Crippen molar-refractivity contribution in [3.63, 3.8) is 0 Å². The summed E-state index contributed by atoms with van der Waals surface area (Å²) >= 11 is 0. The van der Waals surface area contributed by atoms with Crippen molar-refractivity contribution in [3.8, 4) is 0 Å². The molecule has 1 aromatic rings. The predicted molar refractivity (Wildman–Crippen MR) is 67.0 cm³/mol. The van der Waals surface area contributed by atoms with E-state index in [1.165, 1.54) is 0 Å². The molecule has 0 amide bonds. The Morgan fingerprint density at radius 2 is 1.90 bits per heavy atom. The zero-order chi connectivity index (χ0) is 15.7. The highest BCUT2D eigenvalue weighted by Gasteiger charge is 2.33. The molecule has 1 unspecified atom stereocenters. The van der Waals surface area contributed by atoms with E-state index in [4.69, 9.17) is 9.84 Å². The molecule has 1 saturated heterocycles. The molecule has 5 nitrogen and oxygen atoms in total. The Labute approximate surface area is 120 Å². The predicted octanol–water partition coefficient (Wildman–Crippen LogP) is 1.09. The Kier molecular flexibility index (Phi) is 4.57. The van der Waals surface area contributed by atoms with E-state index in [1.54, 1.807) is 0 Å². The van der Waals surface area contributed by atoms with Crippen molar-refractivity contribution >= 4 is 10.0 Å². The maximum Gasteiger partial charge on any atom is 0.416 e. The van der Waals surface area contributed by atoms with E-state index >= 15 is 0 Å². The van der Waals surface area contributed by atoms with E-state index in [0.717, 1.165) is 28.6 Å². The van der Waals surface area contributed by atoms with Gasteiger partial charge < -0.3 is 9.84 Å². The van der Waals surface area contributed by atoms with Crippen LogP contribution in [-0.4, -0.2) is 50.2 Å². The Balaban J connectivity index is 2.23. The fourth-order valence-electron chi connectivity index (χ4n) is 1.99. The fraction of sp³-hybridized carbons (Fsp3) is 0.500. The van der Waals surface area contributed by atoms with E-state index < -0.39 is 27.9 Å². The number of hydrogen-bond acceptors (Lipinski definition) is 4. The highest BCUT2D eigenvalue weighted by Crippen LogP contribution is 2.30. The average molecular weight is 325 g/mol. The van der Waals surface area contributed by atoms with E-state index in [9.17, 15) is 21.6 Å². The number of hydrogen-bond donors (Lipinski definition) is 1. The topological polar surface area (TPSA) is 66.8 Å². The summed E-state index contributed by atoms with van der Waals surface area (Å²) in [6.45, 7) is -0.121. The van der Waals surface area contributed by atoms with E-state index in [2.05, 4.69) is 0 Å². The number of halogens is 3. The normalized spacial score (nSPS) is 21.4. The van der Waals surface area contributed by atoms with Crippen LogP contribution < -0.4 is 0 Å². The molecule has 118 valence electrons. The number of alkyl halides is 3. The Hall–Kier alpha value is -1.16. The van der Waals surface area contributed by atoms with Crippen molar-refractivity contribution in [1.29, 1.82) is 0 Å². The number of ether oxygens (including phenoxy) is 1. The van der Waals surface area contributed by atoms with Gasteiger partial charge in [-0.05, 0) is 24.3 Å². The van der Waals surface area contributed by atoms with Crippen molar-refractivity contribution in [2.24, 2.45) is 0 Å². The maximum atomic E-state index is 12.5. The standard InChI is InChI=1S/C12H14F3NO4S/c13-12(14,15)9-1-3-11(4-2-9)21(18,19)16-5-6-20-10(7-16)8-17/h1-4,10,17H,5-8H2. The van der Waals surface area contributed by atoms with Crippen molar-refractivity contribution in [3.05, 3.63) is 29.8 Å². The first-order valence-electron chi connectivity index (χ1n) is 6.15. The minimum Gasteiger partial charge on any atom is -0.394 e. The highest BCUT2D eigenvalue weighted by molar-refractivity contribution is 7.89. The van der Waals surface area contributed by atoms with Crippen LogP contribution in [0.3, 0.4) is 0 Å². The lowest BCUT2D eigenvalue weighted by atomic mass is 10.2.